The molecule has 0 saturated carbocycles. The minimum Gasteiger partial charge on any atom is -0.380 e. The third-order valence-electron chi connectivity index (χ3n) is 2.27. The molecule has 0 aliphatic carbocycles. The van der Waals surface area contributed by atoms with E-state index in [9.17, 15) is 0 Å². The highest BCUT2D eigenvalue weighted by Gasteiger charge is 2.13. The second-order valence-electron chi connectivity index (χ2n) is 3.51. The molecule has 1 aliphatic heterocycles. The second kappa shape index (κ2) is 4.82. The maximum atomic E-state index is 5.38. The highest BCUT2D eigenvalue weighted by Crippen LogP contribution is 2.10. The lowest BCUT2D eigenvalue weighted by Gasteiger charge is -2.22. The topological polar surface area (TPSA) is 47.0 Å². The van der Waals surface area contributed by atoms with Crippen LogP contribution in [0.2, 0.25) is 0 Å². The maximum Gasteiger partial charge on any atom is 0.131 e. The number of nitrogens with one attached hydrogen (secondary N) is 1. The molecule has 1 atom stereocenters. The van der Waals surface area contributed by atoms with Crippen LogP contribution in [0, 0.1) is 6.92 Å². The van der Waals surface area contributed by atoms with Gasteiger partial charge in [-0.2, -0.15) is 0 Å². The van der Waals surface area contributed by atoms with E-state index in [1.165, 1.54) is 6.42 Å². The Morgan fingerprint density at radius 1 is 1.57 bits per heavy atom. The highest BCUT2D eigenvalue weighted by molar-refractivity contribution is 7.11. The molecule has 2 heterocycles. The third kappa shape index (κ3) is 2.73. The van der Waals surface area contributed by atoms with Crippen LogP contribution in [0.15, 0.2) is 0 Å². The van der Waals surface area contributed by atoms with Crippen molar-refractivity contribution >= 4 is 11.3 Å². The summed E-state index contributed by atoms with van der Waals surface area (Å²) in [5.41, 5.74) is 0. The zero-order chi connectivity index (χ0) is 9.80. The lowest BCUT2D eigenvalue weighted by molar-refractivity contribution is 0.0699. The first kappa shape index (κ1) is 10.0. The SMILES string of the molecule is Cc1nnc(CNC2CCCOC2)s1. The monoisotopic (exact) mass is 213 g/mol. The van der Waals surface area contributed by atoms with Crippen LogP contribution in [-0.4, -0.2) is 29.5 Å². The number of aryl methyl sites for hydroxylation is 1. The second-order valence-corrected chi connectivity index (χ2v) is 4.78. The van der Waals surface area contributed by atoms with E-state index in [0.29, 0.717) is 6.04 Å². The van der Waals surface area contributed by atoms with Gasteiger partial charge in [-0.05, 0) is 19.8 Å². The van der Waals surface area contributed by atoms with Gasteiger partial charge in [0.15, 0.2) is 0 Å². The molecule has 1 aromatic heterocycles. The number of ether oxygens (including phenoxy) is 1. The standard InChI is InChI=1S/C9H15N3OS/c1-7-11-12-9(14-7)5-10-8-3-2-4-13-6-8/h8,10H,2-6H2,1H3. The lowest BCUT2D eigenvalue weighted by atomic mass is 10.1. The van der Waals surface area contributed by atoms with Gasteiger partial charge < -0.3 is 10.1 Å². The Kier molecular flexibility index (Phi) is 3.44. The molecular weight excluding hydrogens is 198 g/mol. The Balaban J connectivity index is 1.76. The smallest absolute Gasteiger partial charge is 0.131 e. The van der Waals surface area contributed by atoms with Crippen molar-refractivity contribution in [3.63, 3.8) is 0 Å². The molecule has 2 rings (SSSR count). The fraction of sp³-hybridized carbons (Fsp3) is 0.778. The largest absolute Gasteiger partial charge is 0.380 e. The van der Waals surface area contributed by atoms with Crippen molar-refractivity contribution in [2.24, 2.45) is 0 Å². The first-order chi connectivity index (χ1) is 6.84. The quantitative estimate of drug-likeness (QED) is 0.817. The fourth-order valence-corrected chi connectivity index (χ4v) is 2.20. The average molecular weight is 213 g/mol. The lowest BCUT2D eigenvalue weighted by Crippen LogP contribution is -2.36. The van der Waals surface area contributed by atoms with Crippen LogP contribution in [0.4, 0.5) is 0 Å². The molecule has 1 fully saturated rings. The molecule has 0 aromatic carbocycles. The molecule has 0 radical (unpaired) electrons. The molecule has 1 saturated heterocycles. The number of nitrogens with zero attached hydrogens (tertiary/aromatic N) is 2. The molecule has 1 unspecified atom stereocenters. The predicted molar refractivity (Wildman–Crippen MR) is 55.3 cm³/mol. The summed E-state index contributed by atoms with van der Waals surface area (Å²) in [5, 5.41) is 13.6. The number of rotatable bonds is 3. The zero-order valence-electron chi connectivity index (χ0n) is 8.32. The van der Waals surface area contributed by atoms with Gasteiger partial charge >= 0.3 is 0 Å². The van der Waals surface area contributed by atoms with Crippen LogP contribution in [0.1, 0.15) is 22.9 Å². The van der Waals surface area contributed by atoms with E-state index in [0.717, 1.165) is 36.2 Å². The molecule has 0 amide bonds. The molecule has 4 nitrogen and oxygen atoms in total. The van der Waals surface area contributed by atoms with Crippen LogP contribution in [0.3, 0.4) is 0 Å². The molecular formula is C9H15N3OS. The van der Waals surface area contributed by atoms with Crippen molar-refractivity contribution in [2.75, 3.05) is 13.2 Å². The van der Waals surface area contributed by atoms with Crippen LogP contribution in [0.5, 0.6) is 0 Å². The first-order valence-electron chi connectivity index (χ1n) is 4.95. The summed E-state index contributed by atoms with van der Waals surface area (Å²) < 4.78 is 5.38. The van der Waals surface area contributed by atoms with E-state index in [-0.39, 0.29) is 0 Å². The highest BCUT2D eigenvalue weighted by atomic mass is 32.1. The van der Waals surface area contributed by atoms with Crippen molar-refractivity contribution in [1.29, 1.82) is 0 Å². The Bertz CT molecular complexity index is 283. The zero-order valence-corrected chi connectivity index (χ0v) is 9.14. The Labute approximate surface area is 87.7 Å². The van der Waals surface area contributed by atoms with E-state index >= 15 is 0 Å². The van der Waals surface area contributed by atoms with Crippen molar-refractivity contribution < 1.29 is 4.74 Å². The molecule has 78 valence electrons. The normalized spacial score (nSPS) is 22.5. The molecule has 1 aliphatic rings. The van der Waals surface area contributed by atoms with Crippen molar-refractivity contribution in [3.8, 4) is 0 Å². The van der Waals surface area contributed by atoms with Gasteiger partial charge in [0, 0.05) is 12.6 Å². The van der Waals surface area contributed by atoms with E-state index in [2.05, 4.69) is 15.5 Å². The summed E-state index contributed by atoms with van der Waals surface area (Å²) in [6.07, 6.45) is 2.37. The molecule has 1 N–H and O–H groups in total. The Morgan fingerprint density at radius 3 is 3.14 bits per heavy atom. The first-order valence-corrected chi connectivity index (χ1v) is 5.76. The maximum absolute atomic E-state index is 5.38. The van der Waals surface area contributed by atoms with Crippen molar-refractivity contribution in [1.82, 2.24) is 15.5 Å². The van der Waals surface area contributed by atoms with Crippen molar-refractivity contribution in [2.45, 2.75) is 32.4 Å². The minimum absolute atomic E-state index is 0.493. The van der Waals surface area contributed by atoms with Crippen LogP contribution < -0.4 is 5.32 Å². The summed E-state index contributed by atoms with van der Waals surface area (Å²) in [5.74, 6) is 0. The van der Waals surface area contributed by atoms with Gasteiger partial charge in [0.2, 0.25) is 0 Å². The van der Waals surface area contributed by atoms with E-state index < -0.39 is 0 Å². The van der Waals surface area contributed by atoms with Gasteiger partial charge in [0.05, 0.1) is 13.2 Å². The van der Waals surface area contributed by atoms with Gasteiger partial charge in [-0.15, -0.1) is 21.5 Å². The van der Waals surface area contributed by atoms with Gasteiger partial charge in [0.25, 0.3) is 0 Å². The van der Waals surface area contributed by atoms with Gasteiger partial charge in [-0.25, -0.2) is 0 Å². The molecule has 1 aromatic rings. The molecule has 0 spiro atoms. The number of hydrogen-bond donors (Lipinski definition) is 1. The number of aromatic nitrogens is 2. The van der Waals surface area contributed by atoms with E-state index in [4.69, 9.17) is 4.74 Å². The molecule has 14 heavy (non-hydrogen) atoms. The summed E-state index contributed by atoms with van der Waals surface area (Å²) in [6.45, 7) is 4.54. The van der Waals surface area contributed by atoms with Crippen molar-refractivity contribution in [3.05, 3.63) is 10.0 Å². The predicted octanol–water partition coefficient (Wildman–Crippen LogP) is 1.12. The van der Waals surface area contributed by atoms with Crippen LogP contribution in [0.25, 0.3) is 0 Å². The molecule has 5 heteroatoms. The average Bonchev–Trinajstić information content (AvgIpc) is 2.63. The molecule has 0 bridgehead atoms. The Hall–Kier alpha value is -0.520. The summed E-state index contributed by atoms with van der Waals surface area (Å²) >= 11 is 1.65. The van der Waals surface area contributed by atoms with E-state index in [1.54, 1.807) is 11.3 Å². The third-order valence-corrected chi connectivity index (χ3v) is 3.11. The van der Waals surface area contributed by atoms with Crippen LogP contribution in [-0.2, 0) is 11.3 Å². The van der Waals surface area contributed by atoms with Gasteiger partial charge in [0.1, 0.15) is 10.0 Å². The van der Waals surface area contributed by atoms with Gasteiger partial charge in [-0.3, -0.25) is 0 Å². The summed E-state index contributed by atoms with van der Waals surface area (Å²) in [6, 6.07) is 0.493. The number of hydrogen-bond acceptors (Lipinski definition) is 5. The van der Waals surface area contributed by atoms with E-state index in [1.807, 2.05) is 6.92 Å². The van der Waals surface area contributed by atoms with Gasteiger partial charge in [-0.1, -0.05) is 0 Å². The minimum atomic E-state index is 0.493. The fourth-order valence-electron chi connectivity index (χ4n) is 1.54. The van der Waals surface area contributed by atoms with Crippen LogP contribution >= 0.6 is 11.3 Å². The Morgan fingerprint density at radius 2 is 2.50 bits per heavy atom. The summed E-state index contributed by atoms with van der Waals surface area (Å²) in [4.78, 5) is 0. The summed E-state index contributed by atoms with van der Waals surface area (Å²) in [7, 11) is 0.